The monoisotopic (exact) mass is 220 g/mol. The molecule has 0 spiro atoms. The van der Waals surface area contributed by atoms with E-state index < -0.39 is 5.97 Å². The summed E-state index contributed by atoms with van der Waals surface area (Å²) in [5, 5.41) is 8.73. The number of anilines is 1. The van der Waals surface area contributed by atoms with Crippen LogP contribution in [0.1, 0.15) is 23.8 Å². The van der Waals surface area contributed by atoms with Crippen molar-refractivity contribution >= 4 is 11.7 Å². The predicted octanol–water partition coefficient (Wildman–Crippen LogP) is 1.87. The van der Waals surface area contributed by atoms with Crippen LogP contribution in [0.5, 0.6) is 0 Å². The van der Waals surface area contributed by atoms with Crippen molar-refractivity contribution in [3.05, 3.63) is 24.0 Å². The maximum atomic E-state index is 10.6. The maximum Gasteiger partial charge on any atom is 0.354 e. The SMILES string of the molecule is CC1CC1CN(C)c1ccc(C(=O)O)nc1. The summed E-state index contributed by atoms with van der Waals surface area (Å²) in [7, 11) is 2.02. The molecule has 86 valence electrons. The average Bonchev–Trinajstić information content (AvgIpc) is 2.94. The van der Waals surface area contributed by atoms with E-state index in [1.807, 2.05) is 13.1 Å². The van der Waals surface area contributed by atoms with Crippen molar-refractivity contribution in [2.75, 3.05) is 18.5 Å². The molecule has 1 fully saturated rings. The third-order valence-electron chi connectivity index (χ3n) is 3.19. The fourth-order valence-electron chi connectivity index (χ4n) is 1.85. The molecule has 0 bridgehead atoms. The second-order valence-electron chi connectivity index (χ2n) is 4.56. The number of hydrogen-bond donors (Lipinski definition) is 1. The Bertz CT molecular complexity index is 389. The zero-order chi connectivity index (χ0) is 11.7. The van der Waals surface area contributed by atoms with Crippen molar-refractivity contribution in [1.29, 1.82) is 0 Å². The Morgan fingerprint density at radius 1 is 1.62 bits per heavy atom. The molecule has 1 aromatic heterocycles. The van der Waals surface area contributed by atoms with Crippen LogP contribution in [-0.4, -0.2) is 29.7 Å². The third kappa shape index (κ3) is 2.32. The fourth-order valence-corrected chi connectivity index (χ4v) is 1.85. The number of carboxylic acids is 1. The Morgan fingerprint density at radius 2 is 2.31 bits per heavy atom. The largest absolute Gasteiger partial charge is 0.477 e. The van der Waals surface area contributed by atoms with Gasteiger partial charge in [0.25, 0.3) is 0 Å². The first-order valence-electron chi connectivity index (χ1n) is 5.48. The lowest BCUT2D eigenvalue weighted by Crippen LogP contribution is -2.20. The van der Waals surface area contributed by atoms with Gasteiger partial charge in [-0.1, -0.05) is 6.92 Å². The minimum Gasteiger partial charge on any atom is -0.477 e. The molecular weight excluding hydrogens is 204 g/mol. The molecule has 1 aromatic rings. The van der Waals surface area contributed by atoms with Gasteiger partial charge in [0.15, 0.2) is 0 Å². The summed E-state index contributed by atoms with van der Waals surface area (Å²) in [5.74, 6) is 0.628. The highest BCUT2D eigenvalue weighted by Crippen LogP contribution is 2.38. The Labute approximate surface area is 94.9 Å². The van der Waals surface area contributed by atoms with Gasteiger partial charge in [0, 0.05) is 13.6 Å². The molecule has 0 aliphatic heterocycles. The molecule has 1 heterocycles. The lowest BCUT2D eigenvalue weighted by molar-refractivity contribution is 0.0690. The molecular formula is C12H16N2O2. The first-order chi connectivity index (χ1) is 7.58. The van der Waals surface area contributed by atoms with Gasteiger partial charge in [-0.3, -0.25) is 0 Å². The summed E-state index contributed by atoms with van der Waals surface area (Å²) in [6.45, 7) is 3.28. The van der Waals surface area contributed by atoms with Crippen LogP contribution in [0.15, 0.2) is 18.3 Å². The van der Waals surface area contributed by atoms with Crippen molar-refractivity contribution in [1.82, 2.24) is 4.98 Å². The van der Waals surface area contributed by atoms with Gasteiger partial charge in [-0.05, 0) is 30.4 Å². The van der Waals surface area contributed by atoms with E-state index >= 15 is 0 Å². The molecule has 1 N–H and O–H groups in total. The first kappa shape index (κ1) is 10.9. The molecule has 2 unspecified atom stereocenters. The molecule has 4 nitrogen and oxygen atoms in total. The topological polar surface area (TPSA) is 53.4 Å². The number of aromatic carboxylic acids is 1. The summed E-state index contributed by atoms with van der Waals surface area (Å²) >= 11 is 0. The summed E-state index contributed by atoms with van der Waals surface area (Å²) in [4.78, 5) is 16.7. The summed E-state index contributed by atoms with van der Waals surface area (Å²) in [6, 6.07) is 3.36. The van der Waals surface area contributed by atoms with E-state index in [1.165, 1.54) is 6.42 Å². The van der Waals surface area contributed by atoms with Crippen LogP contribution in [0.3, 0.4) is 0 Å². The van der Waals surface area contributed by atoms with E-state index in [-0.39, 0.29) is 5.69 Å². The lowest BCUT2D eigenvalue weighted by Gasteiger charge is -2.18. The first-order valence-corrected chi connectivity index (χ1v) is 5.48. The van der Waals surface area contributed by atoms with Crippen LogP contribution < -0.4 is 4.90 Å². The lowest BCUT2D eigenvalue weighted by atomic mass is 10.3. The summed E-state index contributed by atoms with van der Waals surface area (Å²) in [5.41, 5.74) is 1.07. The van der Waals surface area contributed by atoms with Gasteiger partial charge in [0.05, 0.1) is 11.9 Å². The van der Waals surface area contributed by atoms with Gasteiger partial charge >= 0.3 is 5.97 Å². The van der Waals surface area contributed by atoms with Crippen LogP contribution in [0.4, 0.5) is 5.69 Å². The second-order valence-corrected chi connectivity index (χ2v) is 4.56. The Morgan fingerprint density at radius 3 is 2.75 bits per heavy atom. The van der Waals surface area contributed by atoms with Gasteiger partial charge in [-0.25, -0.2) is 9.78 Å². The minimum absolute atomic E-state index is 0.0944. The van der Waals surface area contributed by atoms with Gasteiger partial charge in [0.2, 0.25) is 0 Å². The number of hydrogen-bond acceptors (Lipinski definition) is 3. The average molecular weight is 220 g/mol. The molecule has 1 aliphatic carbocycles. The number of pyridine rings is 1. The van der Waals surface area contributed by atoms with Crippen molar-refractivity contribution < 1.29 is 9.90 Å². The number of carboxylic acid groups (broad SMARTS) is 1. The quantitative estimate of drug-likeness (QED) is 0.841. The van der Waals surface area contributed by atoms with Crippen molar-refractivity contribution in [2.45, 2.75) is 13.3 Å². The number of carbonyl (C=O) groups is 1. The maximum absolute atomic E-state index is 10.6. The van der Waals surface area contributed by atoms with E-state index in [0.29, 0.717) is 0 Å². The fraction of sp³-hybridized carbons (Fsp3) is 0.500. The van der Waals surface area contributed by atoms with E-state index in [9.17, 15) is 4.79 Å². The van der Waals surface area contributed by atoms with E-state index in [1.54, 1.807) is 12.3 Å². The number of aromatic nitrogens is 1. The predicted molar refractivity (Wildman–Crippen MR) is 61.7 cm³/mol. The molecule has 0 amide bonds. The molecule has 1 saturated carbocycles. The van der Waals surface area contributed by atoms with Gasteiger partial charge in [-0.15, -0.1) is 0 Å². The molecule has 1 aliphatic rings. The Hall–Kier alpha value is -1.58. The summed E-state index contributed by atoms with van der Waals surface area (Å²) in [6.07, 6.45) is 2.92. The van der Waals surface area contributed by atoms with Crippen LogP contribution in [0.2, 0.25) is 0 Å². The van der Waals surface area contributed by atoms with Crippen molar-refractivity contribution in [2.24, 2.45) is 11.8 Å². The Kier molecular flexibility index (Phi) is 2.81. The van der Waals surface area contributed by atoms with Crippen LogP contribution in [0, 0.1) is 11.8 Å². The van der Waals surface area contributed by atoms with Crippen LogP contribution in [0.25, 0.3) is 0 Å². The van der Waals surface area contributed by atoms with Crippen molar-refractivity contribution in [3.8, 4) is 0 Å². The standard InChI is InChI=1S/C12H16N2O2/c1-8-5-9(8)7-14(2)10-3-4-11(12(15)16)13-6-10/h3-4,6,8-9H,5,7H2,1-2H3,(H,15,16). The molecule has 4 heteroatoms. The summed E-state index contributed by atoms with van der Waals surface area (Å²) < 4.78 is 0. The molecule has 2 atom stereocenters. The molecule has 0 aromatic carbocycles. The highest BCUT2D eigenvalue weighted by Gasteiger charge is 2.33. The van der Waals surface area contributed by atoms with Crippen LogP contribution in [-0.2, 0) is 0 Å². The number of rotatable bonds is 4. The zero-order valence-corrected chi connectivity index (χ0v) is 9.55. The highest BCUT2D eigenvalue weighted by molar-refractivity contribution is 5.85. The normalized spacial score (nSPS) is 22.9. The molecule has 16 heavy (non-hydrogen) atoms. The van der Waals surface area contributed by atoms with E-state index in [4.69, 9.17) is 5.11 Å². The minimum atomic E-state index is -0.981. The second kappa shape index (κ2) is 4.12. The van der Waals surface area contributed by atoms with Gasteiger partial charge in [0.1, 0.15) is 5.69 Å². The molecule has 0 saturated heterocycles. The van der Waals surface area contributed by atoms with Gasteiger partial charge in [-0.2, -0.15) is 0 Å². The molecule has 0 radical (unpaired) electrons. The highest BCUT2D eigenvalue weighted by atomic mass is 16.4. The van der Waals surface area contributed by atoms with Crippen LogP contribution >= 0.6 is 0 Å². The van der Waals surface area contributed by atoms with Gasteiger partial charge < -0.3 is 10.0 Å². The Balaban J connectivity index is 2.00. The van der Waals surface area contributed by atoms with E-state index in [0.717, 1.165) is 24.1 Å². The number of nitrogens with zero attached hydrogens (tertiary/aromatic N) is 2. The third-order valence-corrected chi connectivity index (χ3v) is 3.19. The van der Waals surface area contributed by atoms with E-state index in [2.05, 4.69) is 16.8 Å². The molecule has 2 rings (SSSR count). The van der Waals surface area contributed by atoms with Crippen molar-refractivity contribution in [3.63, 3.8) is 0 Å². The zero-order valence-electron chi connectivity index (χ0n) is 9.55. The smallest absolute Gasteiger partial charge is 0.354 e.